The van der Waals surface area contributed by atoms with Gasteiger partial charge in [-0.3, -0.25) is 9.59 Å². The molecular weight excluding hydrogens is 414 g/mol. The van der Waals surface area contributed by atoms with E-state index < -0.39 is 38.5 Å². The molecule has 168 valence electrons. The van der Waals surface area contributed by atoms with Crippen LogP contribution < -0.4 is 10.5 Å². The highest BCUT2D eigenvalue weighted by Gasteiger charge is 2.54. The quantitative estimate of drug-likeness (QED) is 0.414. The van der Waals surface area contributed by atoms with E-state index in [4.69, 9.17) is 15.2 Å². The van der Waals surface area contributed by atoms with Crippen molar-refractivity contribution in [2.75, 3.05) is 40.0 Å². The Morgan fingerprint density at radius 3 is 2.27 bits per heavy atom. The van der Waals surface area contributed by atoms with Crippen LogP contribution in [-0.2, 0) is 24.3 Å². The van der Waals surface area contributed by atoms with Crippen molar-refractivity contribution in [3.05, 3.63) is 24.3 Å². The van der Waals surface area contributed by atoms with E-state index in [-0.39, 0.29) is 17.2 Å². The standard InChI is InChI=1S/C19H29N3O7S/c1-14(2)18(19(20)24)22(25,11-8-17(23)21-9-12-29-13-10-21)30(26,27)16-6-4-15(28-3)5-7-16/h4-7,14,18,25H,8-13H2,1-3H3,(H-,20,24)/p+1/t18-,22?/m1/s1. The van der Waals surface area contributed by atoms with Crippen molar-refractivity contribution in [2.24, 2.45) is 11.7 Å². The summed E-state index contributed by atoms with van der Waals surface area (Å²) in [6.07, 6.45) is -0.275. The van der Waals surface area contributed by atoms with Gasteiger partial charge < -0.3 is 20.1 Å². The van der Waals surface area contributed by atoms with Gasteiger partial charge in [-0.25, -0.2) is 0 Å². The first-order valence-corrected chi connectivity index (χ1v) is 11.1. The van der Waals surface area contributed by atoms with E-state index in [1.54, 1.807) is 18.7 Å². The predicted molar refractivity (Wildman–Crippen MR) is 107 cm³/mol. The molecule has 0 bridgehead atoms. The minimum Gasteiger partial charge on any atom is -0.497 e. The summed E-state index contributed by atoms with van der Waals surface area (Å²) in [7, 11) is -3.06. The number of carbonyl (C=O) groups excluding carboxylic acids is 2. The van der Waals surface area contributed by atoms with Crippen LogP contribution in [-0.4, -0.2) is 80.4 Å². The Kier molecular flexibility index (Phi) is 7.81. The summed E-state index contributed by atoms with van der Waals surface area (Å²) in [6.45, 7) is 4.22. The number of morpholine rings is 1. The van der Waals surface area contributed by atoms with Gasteiger partial charge in [0.15, 0.2) is 0 Å². The summed E-state index contributed by atoms with van der Waals surface area (Å²) < 4.78 is 35.4. The van der Waals surface area contributed by atoms with Crippen molar-refractivity contribution >= 4 is 21.8 Å². The molecule has 1 fully saturated rings. The summed E-state index contributed by atoms with van der Waals surface area (Å²) in [5.41, 5.74) is 5.48. The zero-order chi connectivity index (χ0) is 22.5. The normalized spacial score (nSPS) is 18.0. The largest absolute Gasteiger partial charge is 0.497 e. The summed E-state index contributed by atoms with van der Waals surface area (Å²) in [5, 5.41) is 11.4. The minimum absolute atomic E-state index is 0.212. The Bertz CT molecular complexity index is 851. The number of carbonyl (C=O) groups is 2. The van der Waals surface area contributed by atoms with E-state index in [1.165, 1.54) is 31.4 Å². The van der Waals surface area contributed by atoms with Gasteiger partial charge in [-0.1, -0.05) is 17.9 Å². The van der Waals surface area contributed by atoms with Gasteiger partial charge in [0, 0.05) is 19.0 Å². The van der Waals surface area contributed by atoms with E-state index in [9.17, 15) is 23.2 Å². The Morgan fingerprint density at radius 1 is 1.23 bits per heavy atom. The van der Waals surface area contributed by atoms with Gasteiger partial charge in [0.2, 0.25) is 11.9 Å². The molecule has 2 rings (SSSR count). The first-order chi connectivity index (χ1) is 14.0. The third-order valence-electron chi connectivity index (χ3n) is 5.14. The molecule has 1 aliphatic rings. The molecule has 3 N–H and O–H groups in total. The number of primary amides is 1. The monoisotopic (exact) mass is 444 g/mol. The molecule has 0 spiro atoms. The van der Waals surface area contributed by atoms with E-state index in [1.807, 2.05) is 0 Å². The molecule has 30 heavy (non-hydrogen) atoms. The minimum atomic E-state index is -4.50. The van der Waals surface area contributed by atoms with Crippen LogP contribution in [0.2, 0.25) is 0 Å². The van der Waals surface area contributed by atoms with Crippen LogP contribution >= 0.6 is 0 Å². The number of benzene rings is 1. The number of rotatable bonds is 9. The Morgan fingerprint density at radius 2 is 1.80 bits per heavy atom. The molecular formula is C19H30N3O7S+. The molecule has 0 saturated carbocycles. The topological polar surface area (TPSA) is 136 Å². The van der Waals surface area contributed by atoms with E-state index in [0.29, 0.717) is 32.1 Å². The first-order valence-electron chi connectivity index (χ1n) is 9.69. The van der Waals surface area contributed by atoms with Crippen LogP contribution in [0.4, 0.5) is 0 Å². The summed E-state index contributed by atoms with van der Waals surface area (Å²) >= 11 is 0. The molecule has 11 heteroatoms. The molecule has 1 aromatic rings. The highest BCUT2D eigenvalue weighted by Crippen LogP contribution is 2.30. The fourth-order valence-electron chi connectivity index (χ4n) is 3.56. The van der Waals surface area contributed by atoms with Crippen LogP contribution in [0, 0.1) is 5.92 Å². The fraction of sp³-hybridized carbons (Fsp3) is 0.579. The SMILES string of the molecule is COc1ccc(S(=O)(=O)[N+](O)(CCC(=O)N2CCOCC2)[C@@H](C(N)=O)C(C)C)cc1. The van der Waals surface area contributed by atoms with Crippen LogP contribution in [0.15, 0.2) is 29.2 Å². The lowest BCUT2D eigenvalue weighted by molar-refractivity contribution is -1.02. The average Bonchev–Trinajstić information content (AvgIpc) is 2.72. The number of amides is 2. The maximum absolute atomic E-state index is 13.4. The summed E-state index contributed by atoms with van der Waals surface area (Å²) in [4.78, 5) is 26.1. The highest BCUT2D eigenvalue weighted by molar-refractivity contribution is 7.85. The molecule has 1 aromatic carbocycles. The van der Waals surface area contributed by atoms with Crippen molar-refractivity contribution in [1.82, 2.24) is 4.90 Å². The van der Waals surface area contributed by atoms with Gasteiger partial charge in [-0.2, -0.15) is 13.6 Å². The Labute approximate surface area is 176 Å². The zero-order valence-corrected chi connectivity index (χ0v) is 18.3. The van der Waals surface area contributed by atoms with Gasteiger partial charge in [0.1, 0.15) is 17.2 Å². The second-order valence-electron chi connectivity index (χ2n) is 7.46. The van der Waals surface area contributed by atoms with Crippen LogP contribution in [0.5, 0.6) is 5.75 Å². The molecule has 1 aliphatic heterocycles. The molecule has 0 aromatic heterocycles. The summed E-state index contributed by atoms with van der Waals surface area (Å²) in [5.74, 6) is -1.46. The molecule has 10 nitrogen and oxygen atoms in total. The highest BCUT2D eigenvalue weighted by atomic mass is 32.2. The van der Waals surface area contributed by atoms with Crippen molar-refractivity contribution in [1.29, 1.82) is 0 Å². The molecule has 1 heterocycles. The van der Waals surface area contributed by atoms with E-state index >= 15 is 0 Å². The number of hydrogen-bond acceptors (Lipinski definition) is 7. The molecule has 1 saturated heterocycles. The van der Waals surface area contributed by atoms with Crippen LogP contribution in [0.1, 0.15) is 20.3 Å². The Hall–Kier alpha value is -2.21. The van der Waals surface area contributed by atoms with Gasteiger partial charge in [0.25, 0.3) is 5.91 Å². The predicted octanol–water partition coefficient (Wildman–Crippen LogP) is 0.349. The number of hydroxylamine groups is 2. The van der Waals surface area contributed by atoms with Gasteiger partial charge in [0.05, 0.1) is 26.7 Å². The molecule has 2 atom stereocenters. The maximum atomic E-state index is 13.4. The first kappa shape index (κ1) is 24.1. The van der Waals surface area contributed by atoms with Gasteiger partial charge >= 0.3 is 10.0 Å². The molecule has 0 aliphatic carbocycles. The molecule has 0 radical (unpaired) electrons. The average molecular weight is 445 g/mol. The van der Waals surface area contributed by atoms with E-state index in [0.717, 1.165) is 0 Å². The lowest BCUT2D eigenvalue weighted by atomic mass is 10.0. The zero-order valence-electron chi connectivity index (χ0n) is 17.5. The van der Waals surface area contributed by atoms with Crippen molar-refractivity contribution in [2.45, 2.75) is 31.2 Å². The fourth-order valence-corrected chi connectivity index (χ4v) is 5.38. The number of ether oxygens (including phenoxy) is 2. The van der Waals surface area contributed by atoms with Crippen LogP contribution in [0.25, 0.3) is 0 Å². The maximum Gasteiger partial charge on any atom is 0.357 e. The van der Waals surface area contributed by atoms with Crippen LogP contribution in [0.3, 0.4) is 0 Å². The molecule has 1 unspecified atom stereocenters. The molecule has 2 amide bonds. The second kappa shape index (κ2) is 9.73. The van der Waals surface area contributed by atoms with E-state index in [2.05, 4.69) is 0 Å². The number of quaternary nitrogens is 1. The van der Waals surface area contributed by atoms with Gasteiger partial charge in [-0.15, -0.1) is 0 Å². The smallest absolute Gasteiger partial charge is 0.357 e. The number of sulfonamides is 1. The van der Waals surface area contributed by atoms with Gasteiger partial charge in [-0.05, 0) is 24.3 Å². The number of hydrogen-bond donors (Lipinski definition) is 2. The third-order valence-corrected chi connectivity index (χ3v) is 7.25. The van der Waals surface area contributed by atoms with Crippen molar-refractivity contribution in [3.63, 3.8) is 0 Å². The number of methoxy groups -OCH3 is 1. The third kappa shape index (κ3) is 4.91. The second-order valence-corrected chi connectivity index (χ2v) is 9.52. The lowest BCUT2D eigenvalue weighted by Gasteiger charge is -2.36. The van der Waals surface area contributed by atoms with Crippen molar-refractivity contribution < 1.29 is 36.7 Å². The lowest BCUT2D eigenvalue weighted by Crippen LogP contribution is -2.64. The number of nitrogens with zero attached hydrogens (tertiary/aromatic N) is 2. The number of nitrogens with two attached hydrogens (primary N) is 1. The summed E-state index contributed by atoms with van der Waals surface area (Å²) in [6, 6.07) is 3.96. The van der Waals surface area contributed by atoms with Crippen molar-refractivity contribution in [3.8, 4) is 5.75 Å². The Balaban J connectivity index is 2.41.